The van der Waals surface area contributed by atoms with Gasteiger partial charge in [0.2, 0.25) is 0 Å². The van der Waals surface area contributed by atoms with Gasteiger partial charge in [-0.15, -0.1) is 0 Å². The number of carbonyl (C=O) groups excluding carboxylic acids is 1. The van der Waals surface area contributed by atoms with Gasteiger partial charge >= 0.3 is 0 Å². The molecule has 1 saturated heterocycles. The van der Waals surface area contributed by atoms with Crippen LogP contribution in [0.1, 0.15) is 22.6 Å². The smallest absolute Gasteiger partial charge is 0.253 e. The summed E-state index contributed by atoms with van der Waals surface area (Å²) < 4.78 is 0. The Morgan fingerprint density at radius 2 is 2.16 bits per heavy atom. The second-order valence-corrected chi connectivity index (χ2v) is 6.95. The summed E-state index contributed by atoms with van der Waals surface area (Å²) in [5, 5.41) is 0.832. The summed E-state index contributed by atoms with van der Waals surface area (Å²) in [6.07, 6.45) is 2.55. The lowest BCUT2D eigenvalue weighted by atomic mass is 10.2. The quantitative estimate of drug-likeness (QED) is 0.883. The highest BCUT2D eigenvalue weighted by Crippen LogP contribution is 2.25. The van der Waals surface area contributed by atoms with Gasteiger partial charge in [-0.25, -0.2) is 9.97 Å². The molecule has 2 heterocycles. The zero-order valence-corrected chi connectivity index (χ0v) is 15.3. The minimum absolute atomic E-state index is 0.0327. The summed E-state index contributed by atoms with van der Waals surface area (Å²) in [6, 6.07) is 6.87. The van der Waals surface area contributed by atoms with E-state index in [9.17, 15) is 4.79 Å². The van der Waals surface area contributed by atoms with Crippen LogP contribution in [0.3, 0.4) is 0 Å². The molecule has 1 aromatic carbocycles. The number of likely N-dealkylation sites (tertiary alicyclic amines) is 1. The van der Waals surface area contributed by atoms with E-state index in [2.05, 4.69) is 14.9 Å². The number of hydrogen-bond acceptors (Lipinski definition) is 5. The van der Waals surface area contributed by atoms with Gasteiger partial charge in [0, 0.05) is 30.9 Å². The number of benzene rings is 1. The van der Waals surface area contributed by atoms with Gasteiger partial charge < -0.3 is 10.6 Å². The fourth-order valence-corrected chi connectivity index (χ4v) is 3.24. The second kappa shape index (κ2) is 7.56. The third-order valence-electron chi connectivity index (χ3n) is 4.36. The number of rotatable bonds is 4. The lowest BCUT2D eigenvalue weighted by Crippen LogP contribution is -2.36. The maximum absolute atomic E-state index is 12.6. The van der Waals surface area contributed by atoms with E-state index in [0.29, 0.717) is 46.9 Å². The minimum Gasteiger partial charge on any atom is -0.384 e. The molecule has 1 amide bonds. The summed E-state index contributed by atoms with van der Waals surface area (Å²) in [7, 11) is 2.00. The lowest BCUT2D eigenvalue weighted by molar-refractivity contribution is 0.0779. The van der Waals surface area contributed by atoms with Crippen molar-refractivity contribution < 1.29 is 4.79 Å². The molecule has 1 aromatic heterocycles. The molecular formula is C17H19Cl2N5O. The van der Waals surface area contributed by atoms with E-state index in [1.807, 2.05) is 11.9 Å². The molecule has 25 heavy (non-hydrogen) atoms. The molecule has 2 aromatic rings. The third-order valence-corrected chi connectivity index (χ3v) is 5.10. The molecule has 1 fully saturated rings. The van der Waals surface area contributed by atoms with Crippen molar-refractivity contribution in [2.24, 2.45) is 0 Å². The Morgan fingerprint density at radius 3 is 2.88 bits per heavy atom. The van der Waals surface area contributed by atoms with Crippen molar-refractivity contribution in [3.8, 4) is 0 Å². The normalized spacial score (nSPS) is 17.3. The molecular weight excluding hydrogens is 361 g/mol. The molecule has 0 saturated carbocycles. The number of amides is 1. The van der Waals surface area contributed by atoms with Gasteiger partial charge in [0.05, 0.1) is 16.6 Å². The second-order valence-electron chi connectivity index (χ2n) is 6.14. The Morgan fingerprint density at radius 1 is 1.36 bits per heavy atom. The van der Waals surface area contributed by atoms with E-state index in [1.165, 1.54) is 0 Å². The number of nitrogen functional groups attached to an aromatic ring is 1. The zero-order chi connectivity index (χ0) is 18.0. The van der Waals surface area contributed by atoms with Crippen LogP contribution >= 0.6 is 23.2 Å². The third kappa shape index (κ3) is 4.21. The van der Waals surface area contributed by atoms with E-state index < -0.39 is 0 Å². The Labute approximate surface area is 156 Å². The first-order chi connectivity index (χ1) is 11.9. The summed E-state index contributed by atoms with van der Waals surface area (Å²) in [6.45, 7) is 1.94. The maximum Gasteiger partial charge on any atom is 0.253 e. The first kappa shape index (κ1) is 17.9. The van der Waals surface area contributed by atoms with Crippen LogP contribution < -0.4 is 5.73 Å². The molecule has 0 aliphatic carbocycles. The van der Waals surface area contributed by atoms with Crippen molar-refractivity contribution in [3.05, 3.63) is 51.9 Å². The molecule has 8 heteroatoms. The number of likely N-dealkylation sites (N-methyl/N-ethyl adjacent to an activating group) is 1. The van der Waals surface area contributed by atoms with Crippen LogP contribution in [0.15, 0.2) is 30.5 Å². The summed E-state index contributed by atoms with van der Waals surface area (Å²) in [5.74, 6) is 1.10. The number of nitrogens with zero attached hydrogens (tertiary/aromatic N) is 4. The number of anilines is 1. The number of halogens is 2. The van der Waals surface area contributed by atoms with E-state index >= 15 is 0 Å². The molecule has 132 valence electrons. The number of aromatic nitrogens is 2. The summed E-state index contributed by atoms with van der Waals surface area (Å²) in [4.78, 5) is 25.1. The molecule has 3 rings (SSSR count). The van der Waals surface area contributed by atoms with Crippen molar-refractivity contribution in [3.63, 3.8) is 0 Å². The zero-order valence-electron chi connectivity index (χ0n) is 13.8. The highest BCUT2D eigenvalue weighted by Gasteiger charge is 2.29. The predicted molar refractivity (Wildman–Crippen MR) is 98.7 cm³/mol. The average Bonchev–Trinajstić information content (AvgIpc) is 3.07. The van der Waals surface area contributed by atoms with Gasteiger partial charge in [0.15, 0.2) is 0 Å². The Balaban J connectivity index is 1.62. The lowest BCUT2D eigenvalue weighted by Gasteiger charge is -2.24. The molecule has 0 radical (unpaired) electrons. The van der Waals surface area contributed by atoms with Crippen LogP contribution in [-0.2, 0) is 6.54 Å². The van der Waals surface area contributed by atoms with E-state index in [-0.39, 0.29) is 11.9 Å². The monoisotopic (exact) mass is 379 g/mol. The molecule has 0 unspecified atom stereocenters. The van der Waals surface area contributed by atoms with Crippen LogP contribution in [-0.4, -0.2) is 51.9 Å². The van der Waals surface area contributed by atoms with Gasteiger partial charge in [0.25, 0.3) is 5.91 Å². The highest BCUT2D eigenvalue weighted by atomic mass is 35.5. The molecule has 1 aliphatic rings. The van der Waals surface area contributed by atoms with E-state index in [0.717, 1.165) is 6.42 Å². The van der Waals surface area contributed by atoms with Gasteiger partial charge in [-0.1, -0.05) is 23.2 Å². The van der Waals surface area contributed by atoms with Gasteiger partial charge in [0.1, 0.15) is 11.6 Å². The van der Waals surface area contributed by atoms with Crippen molar-refractivity contribution >= 4 is 34.9 Å². The van der Waals surface area contributed by atoms with Crippen molar-refractivity contribution in [1.29, 1.82) is 0 Å². The average molecular weight is 380 g/mol. The molecule has 0 bridgehead atoms. The van der Waals surface area contributed by atoms with Crippen LogP contribution in [0.2, 0.25) is 10.0 Å². The van der Waals surface area contributed by atoms with Crippen LogP contribution in [0.25, 0.3) is 0 Å². The predicted octanol–water partition coefficient (Wildman–Crippen LogP) is 2.71. The highest BCUT2D eigenvalue weighted by molar-refractivity contribution is 6.42. The maximum atomic E-state index is 12.6. The minimum atomic E-state index is -0.0327. The van der Waals surface area contributed by atoms with Crippen molar-refractivity contribution in [2.45, 2.75) is 19.0 Å². The molecule has 0 spiro atoms. The summed E-state index contributed by atoms with van der Waals surface area (Å²) in [5.41, 5.74) is 6.25. The van der Waals surface area contributed by atoms with Gasteiger partial charge in [-0.05, 0) is 37.7 Å². The molecule has 1 aliphatic heterocycles. The van der Waals surface area contributed by atoms with Crippen LogP contribution in [0.4, 0.5) is 5.82 Å². The van der Waals surface area contributed by atoms with Gasteiger partial charge in [-0.3, -0.25) is 9.69 Å². The van der Waals surface area contributed by atoms with Crippen molar-refractivity contribution in [1.82, 2.24) is 19.8 Å². The topological polar surface area (TPSA) is 75.4 Å². The Hall–Kier alpha value is -1.89. The number of hydrogen-bond donors (Lipinski definition) is 1. The summed E-state index contributed by atoms with van der Waals surface area (Å²) >= 11 is 11.9. The molecule has 2 N–H and O–H groups in total. The van der Waals surface area contributed by atoms with Crippen molar-refractivity contribution in [2.75, 3.05) is 25.9 Å². The fraction of sp³-hybridized carbons (Fsp3) is 0.353. The van der Waals surface area contributed by atoms with E-state index in [1.54, 1.807) is 30.5 Å². The molecule has 1 atom stereocenters. The first-order valence-corrected chi connectivity index (χ1v) is 8.71. The van der Waals surface area contributed by atoms with Crippen LogP contribution in [0, 0.1) is 0 Å². The number of nitrogens with two attached hydrogens (primary N) is 1. The SMILES string of the molecule is CN(Cc1nccc(N)n1)[C@H]1CCN(C(=O)c2ccc(Cl)c(Cl)c2)C1. The van der Waals surface area contributed by atoms with Gasteiger partial charge in [-0.2, -0.15) is 0 Å². The van der Waals surface area contributed by atoms with E-state index in [4.69, 9.17) is 28.9 Å². The van der Waals surface area contributed by atoms with Crippen LogP contribution in [0.5, 0.6) is 0 Å². The standard InChI is InChI=1S/C17H19Cl2N5O/c1-23(10-16-21-6-4-15(20)22-16)12-5-7-24(9-12)17(25)11-2-3-13(18)14(19)8-11/h2-4,6,8,12H,5,7,9-10H2,1H3,(H2,20,21,22)/t12-/m0/s1. The number of carbonyl (C=O) groups is 1. The molecule has 6 nitrogen and oxygen atoms in total. The first-order valence-electron chi connectivity index (χ1n) is 7.96. The largest absolute Gasteiger partial charge is 0.384 e. The Kier molecular flexibility index (Phi) is 5.42. The Bertz CT molecular complexity index is 785. The fourth-order valence-electron chi connectivity index (χ4n) is 2.94.